The first-order valence-corrected chi connectivity index (χ1v) is 51.5. The average molecular weight is 2070 g/mol. The van der Waals surface area contributed by atoms with Gasteiger partial charge in [-0.05, 0) is 240 Å². The van der Waals surface area contributed by atoms with Gasteiger partial charge in [0, 0.05) is 115 Å². The van der Waals surface area contributed by atoms with Crippen LogP contribution in [-0.2, 0) is 45.8 Å². The van der Waals surface area contributed by atoms with E-state index in [0.29, 0.717) is 23.9 Å². The molecule has 25 rings (SSSR count). The molecular weight excluding hydrogens is 1940 g/mol. The van der Waals surface area contributed by atoms with Crippen molar-refractivity contribution in [3.05, 3.63) is 428 Å². The summed E-state index contributed by atoms with van der Waals surface area (Å²) in [4.78, 5) is 12.6. The standard InChI is InChI=1S/C41H34N2.C35H30N2.C31H33N2.C26H25N2.3CH4.Ir/c1-3-28(2)24-29-12-10-14-32(25-29)42-40-21-9-6-18-36(40)37-27-31(22-23-41(37)42)30-13-11-15-33(26-30)43-38-19-7-4-16-34(38)35-17-5-8-20-39(35)43;1-3-24(2)20-25-21-26(36-32-16-8-4-12-28(32)29-13-5-9-17-33(29)36)23-27(22-25)37-34-18-10-6-14-30(34)31-15-7-11-19-35(31)37;1-5-7-12-29-22(4)32-31-27-11-9-8-10-26(27)28-20-25(17-18-30(28)33(29)31)24-15-13-23(14-16-24)19-21(3)6-2;1-3-4-14-24-18(2)27-26-22-13-9-8-12-21(22)23-17-20(15-16-25(23)28(24)26)19-10-6-5-7-11-19;;;;/h4-23,25-28H,3,24H2,1-2H3;4-19,21-24H,3,20H2,1-2H3;8-10,13-18,20-21H,5-7,12,19H2,1-4H3;5-12,15-18,24H,3-4,14H2,1-2H3;3*1H4;/q;;2*-1;;;;. The van der Waals surface area contributed by atoms with Gasteiger partial charge in [-0.25, -0.2) is 0 Å². The molecule has 6 aromatic heterocycles. The van der Waals surface area contributed by atoms with Gasteiger partial charge in [0.15, 0.2) is 0 Å². The number of benzene rings is 17. The van der Waals surface area contributed by atoms with E-state index in [4.69, 9.17) is 9.98 Å². The smallest absolute Gasteiger partial charge is 0.0614 e. The van der Waals surface area contributed by atoms with E-state index in [1.165, 1.54) is 250 Å². The molecule has 9 heteroatoms. The number of aryl methyl sites for hydroxylation is 2. The Morgan fingerprint density at radius 3 is 1.26 bits per heavy atom. The molecule has 5 unspecified atom stereocenters. The second kappa shape index (κ2) is 43.8. The van der Waals surface area contributed by atoms with Crippen molar-refractivity contribution in [1.29, 1.82) is 0 Å². The van der Waals surface area contributed by atoms with Crippen LogP contribution in [0.5, 0.6) is 0 Å². The Morgan fingerprint density at radius 1 is 0.324 bits per heavy atom. The number of para-hydroxylation sites is 7. The van der Waals surface area contributed by atoms with Gasteiger partial charge in [-0.15, -0.1) is 59.5 Å². The summed E-state index contributed by atoms with van der Waals surface area (Å²) >= 11 is 0. The summed E-state index contributed by atoms with van der Waals surface area (Å²) in [7, 11) is 0. The topological polar surface area (TPSA) is 52.6 Å². The Bertz CT molecular complexity index is 8340. The van der Waals surface area contributed by atoms with Gasteiger partial charge in [-0.2, -0.15) is 0 Å². The minimum absolute atomic E-state index is 0. The molecule has 8 heterocycles. The first-order chi connectivity index (χ1) is 69.3. The van der Waals surface area contributed by atoms with Crippen LogP contribution in [0.4, 0.5) is 5.69 Å². The SMILES string of the molecule is C.C.C.CCC(C)Cc1cc(-n2c3ccccc3c3ccccc32)cc(-n2c3ccccc3c3ccccc32)c1.CCC(C)Cc1cccc(-n2c3ccccc3c3cc(-c4cccc(-n5c6ccccc6c6ccccc65)c4)ccc32)c1.CCCCC1C(C)N=C2c3[c-]cccc3-c3cc(-c4ccccc4)ccc3N21.CCCCc1c(C)nc2c3[c-]cccc3c3cc(-c4ccc(CC(C)CC)cc4)ccc3n12.[Ir]. The number of fused-ring (bicyclic) bond motifs is 24. The maximum absolute atomic E-state index is 5.08. The van der Waals surface area contributed by atoms with Crippen LogP contribution in [0.2, 0.25) is 0 Å². The molecule has 2 aliphatic rings. The number of aromatic nitrogens is 6. The molecule has 0 N–H and O–H groups in total. The van der Waals surface area contributed by atoms with Crippen LogP contribution < -0.4 is 4.90 Å². The Labute approximate surface area is 870 Å². The summed E-state index contributed by atoms with van der Waals surface area (Å²) < 4.78 is 12.1. The van der Waals surface area contributed by atoms with E-state index >= 15 is 0 Å². The number of anilines is 1. The molecule has 2 aliphatic heterocycles. The van der Waals surface area contributed by atoms with Crippen LogP contribution in [0.25, 0.3) is 182 Å². The third kappa shape index (κ3) is 19.1. The summed E-state index contributed by atoms with van der Waals surface area (Å²) in [5.41, 5.74) is 36.2. The van der Waals surface area contributed by atoms with Crippen LogP contribution in [0.3, 0.4) is 0 Å². The molecular formula is C136H134IrN8-2. The minimum Gasteiger partial charge on any atom is -0.361 e. The van der Waals surface area contributed by atoms with Crippen LogP contribution >= 0.6 is 0 Å². The second-order valence-electron chi connectivity index (χ2n) is 39.5. The molecule has 145 heavy (non-hydrogen) atoms. The maximum Gasteiger partial charge on any atom is 0.0614 e. The third-order valence-corrected chi connectivity index (χ3v) is 30.2. The maximum atomic E-state index is 5.08. The number of aliphatic imine (C=N–C) groups is 1. The summed E-state index contributed by atoms with van der Waals surface area (Å²) in [6.07, 6.45) is 13.9. The average Bonchev–Trinajstić information content (AvgIpc) is 1.76. The number of nitrogens with zero attached hydrogens (tertiary/aromatic N) is 8. The van der Waals surface area contributed by atoms with E-state index in [9.17, 15) is 0 Å². The summed E-state index contributed by atoms with van der Waals surface area (Å²) in [6.45, 7) is 22.8. The van der Waals surface area contributed by atoms with Crippen molar-refractivity contribution in [2.45, 2.75) is 181 Å². The van der Waals surface area contributed by atoms with Crippen LogP contribution in [0.15, 0.2) is 387 Å². The summed E-state index contributed by atoms with van der Waals surface area (Å²) in [5, 5.41) is 13.9. The molecule has 729 valence electrons. The third-order valence-electron chi connectivity index (χ3n) is 30.2. The molecule has 0 amide bonds. The van der Waals surface area contributed by atoms with Crippen molar-refractivity contribution >= 4 is 126 Å². The van der Waals surface area contributed by atoms with Crippen molar-refractivity contribution in [1.82, 2.24) is 27.7 Å². The van der Waals surface area contributed by atoms with Gasteiger partial charge in [0.05, 0.1) is 61.7 Å². The van der Waals surface area contributed by atoms with E-state index in [2.05, 4.69) is 479 Å². The van der Waals surface area contributed by atoms with E-state index < -0.39 is 0 Å². The zero-order chi connectivity index (χ0) is 95.9. The van der Waals surface area contributed by atoms with Crippen molar-refractivity contribution in [3.63, 3.8) is 0 Å². The van der Waals surface area contributed by atoms with Gasteiger partial charge in [-0.1, -0.05) is 364 Å². The van der Waals surface area contributed by atoms with Gasteiger partial charge in [0.2, 0.25) is 0 Å². The molecule has 23 aromatic rings. The van der Waals surface area contributed by atoms with E-state index in [-0.39, 0.29) is 42.4 Å². The number of unbranched alkanes of at least 4 members (excludes halogenated alkanes) is 2. The predicted molar refractivity (Wildman–Crippen MR) is 621 cm³/mol. The number of imidazole rings is 1. The fraction of sp³-hybridized carbons (Fsp3) is 0.221. The quantitative estimate of drug-likeness (QED) is 0.0502. The first-order valence-electron chi connectivity index (χ1n) is 51.5. The van der Waals surface area contributed by atoms with Gasteiger partial charge >= 0.3 is 0 Å². The number of pyridine rings is 1. The van der Waals surface area contributed by atoms with Crippen molar-refractivity contribution < 1.29 is 20.1 Å². The molecule has 0 fully saturated rings. The molecule has 5 atom stereocenters. The molecule has 0 bridgehead atoms. The largest absolute Gasteiger partial charge is 0.361 e. The fourth-order valence-electron chi connectivity index (χ4n) is 22.4. The van der Waals surface area contributed by atoms with Crippen molar-refractivity contribution in [3.8, 4) is 67.3 Å². The fourth-order valence-corrected chi connectivity index (χ4v) is 22.4. The number of hydrogen-bond acceptors (Lipinski definition) is 3. The summed E-state index contributed by atoms with van der Waals surface area (Å²) in [6, 6.07) is 147. The zero-order valence-electron chi connectivity index (χ0n) is 83.2. The molecule has 17 aromatic carbocycles. The molecule has 8 nitrogen and oxygen atoms in total. The molecule has 0 spiro atoms. The van der Waals surface area contributed by atoms with Crippen LogP contribution in [0, 0.1) is 36.8 Å². The minimum atomic E-state index is 0. The Kier molecular flexibility index (Phi) is 30.3. The number of rotatable bonds is 22. The molecule has 0 aliphatic carbocycles. The summed E-state index contributed by atoms with van der Waals surface area (Å²) in [5.74, 6) is 3.12. The van der Waals surface area contributed by atoms with Crippen molar-refractivity contribution in [2.75, 3.05) is 4.90 Å². The Morgan fingerprint density at radius 2 is 0.724 bits per heavy atom. The predicted octanol–water partition coefficient (Wildman–Crippen LogP) is 37.2. The number of hydrogen-bond donors (Lipinski definition) is 0. The van der Waals surface area contributed by atoms with Gasteiger partial charge < -0.3 is 32.6 Å². The second-order valence-corrected chi connectivity index (χ2v) is 39.5. The van der Waals surface area contributed by atoms with Gasteiger partial charge in [-0.3, -0.25) is 4.98 Å². The Balaban J connectivity index is 0.000000127. The normalized spacial score (nSPS) is 13.6. The molecule has 1 radical (unpaired) electrons. The van der Waals surface area contributed by atoms with Crippen LogP contribution in [-0.4, -0.2) is 45.6 Å². The monoisotopic (exact) mass is 2070 g/mol. The van der Waals surface area contributed by atoms with E-state index in [0.717, 1.165) is 59.7 Å². The van der Waals surface area contributed by atoms with Crippen LogP contribution in [0.1, 0.15) is 170 Å². The van der Waals surface area contributed by atoms with Gasteiger partial charge in [0.1, 0.15) is 0 Å². The van der Waals surface area contributed by atoms with E-state index in [1.807, 2.05) is 12.1 Å². The molecule has 0 saturated heterocycles. The first kappa shape index (κ1) is 100. The van der Waals surface area contributed by atoms with Gasteiger partial charge in [0.25, 0.3) is 0 Å². The van der Waals surface area contributed by atoms with Crippen molar-refractivity contribution in [2.24, 2.45) is 22.7 Å². The Hall–Kier alpha value is -14.7. The number of amidine groups is 1. The molecule has 0 saturated carbocycles. The van der Waals surface area contributed by atoms with E-state index in [1.54, 1.807) is 0 Å². The zero-order valence-corrected chi connectivity index (χ0v) is 85.6.